The molecule has 0 saturated carbocycles. The molecule has 3 nitrogen and oxygen atoms in total. The van der Waals surface area contributed by atoms with Crippen LogP contribution in [-0.2, 0) is 11.4 Å². The van der Waals surface area contributed by atoms with Crippen molar-refractivity contribution in [1.82, 2.24) is 4.72 Å². The van der Waals surface area contributed by atoms with Crippen molar-refractivity contribution in [2.24, 2.45) is 0 Å². The number of halogens is 1. The fourth-order valence-electron chi connectivity index (χ4n) is 1.79. The van der Waals surface area contributed by atoms with E-state index >= 15 is 0 Å². The van der Waals surface area contributed by atoms with E-state index in [4.69, 9.17) is 16.3 Å². The van der Waals surface area contributed by atoms with Gasteiger partial charge in [-0.15, -0.1) is 4.72 Å². The van der Waals surface area contributed by atoms with Gasteiger partial charge in [-0.1, -0.05) is 17.7 Å². The van der Waals surface area contributed by atoms with Crippen LogP contribution in [0.3, 0.4) is 0 Å². The average Bonchev–Trinajstić information content (AvgIpc) is 2.27. The van der Waals surface area contributed by atoms with E-state index in [1.54, 1.807) is 0 Å². The van der Waals surface area contributed by atoms with E-state index in [2.05, 4.69) is 4.72 Å². The second kappa shape index (κ2) is 5.29. The Hall–Kier alpha value is -0.420. The van der Waals surface area contributed by atoms with Gasteiger partial charge in [0.25, 0.3) is 0 Å². The van der Waals surface area contributed by atoms with Crippen LogP contribution in [0, 0.1) is 0 Å². The summed E-state index contributed by atoms with van der Waals surface area (Å²) in [6.07, 6.45) is 0.816. The first-order chi connectivity index (χ1) is 8.38. The van der Waals surface area contributed by atoms with Gasteiger partial charge in [-0.05, 0) is 32.9 Å². The molecule has 0 amide bonds. The molecule has 18 heavy (non-hydrogen) atoms. The van der Waals surface area contributed by atoms with E-state index in [0.29, 0.717) is 11.6 Å². The quantitative estimate of drug-likeness (QED) is 0.850. The van der Waals surface area contributed by atoms with Crippen LogP contribution in [0.25, 0.3) is 0 Å². The lowest BCUT2D eigenvalue weighted by Crippen LogP contribution is -2.42. The molecule has 0 aliphatic carbocycles. The predicted molar refractivity (Wildman–Crippen MR) is 75.3 cm³/mol. The molecule has 1 aromatic carbocycles. The van der Waals surface area contributed by atoms with Gasteiger partial charge in [0, 0.05) is 28.4 Å². The van der Waals surface area contributed by atoms with Crippen LogP contribution in [0.1, 0.15) is 38.8 Å². The molecule has 5 heteroatoms. The van der Waals surface area contributed by atoms with Crippen molar-refractivity contribution in [3.63, 3.8) is 0 Å². The van der Waals surface area contributed by atoms with Crippen LogP contribution >= 0.6 is 11.6 Å². The summed E-state index contributed by atoms with van der Waals surface area (Å²) in [7, 11) is 0. The lowest BCUT2D eigenvalue weighted by molar-refractivity contribution is 0.262. The largest absolute Gasteiger partial charge is 0.598 e. The van der Waals surface area contributed by atoms with E-state index < -0.39 is 11.4 Å². The minimum atomic E-state index is -1.09. The molecule has 1 heterocycles. The maximum absolute atomic E-state index is 12.1. The first-order valence-electron chi connectivity index (χ1n) is 5.98. The molecule has 1 aliphatic heterocycles. The first kappa shape index (κ1) is 14.0. The Labute approximate surface area is 116 Å². The second-order valence-corrected chi connectivity index (χ2v) is 7.81. The van der Waals surface area contributed by atoms with Gasteiger partial charge in [0.2, 0.25) is 0 Å². The molecule has 0 aromatic heterocycles. The normalized spacial score (nSPS) is 21.1. The highest BCUT2D eigenvalue weighted by Gasteiger charge is 2.32. The summed E-state index contributed by atoms with van der Waals surface area (Å²) >= 11 is 4.86. The molecular formula is C13H18ClNO2S. The van der Waals surface area contributed by atoms with E-state index in [1.807, 2.05) is 39.0 Å². The summed E-state index contributed by atoms with van der Waals surface area (Å²) in [5.74, 6) is 0.789. The van der Waals surface area contributed by atoms with Gasteiger partial charge < -0.3 is 9.29 Å². The molecule has 0 spiro atoms. The molecule has 0 bridgehead atoms. The smallest absolute Gasteiger partial charge is 0.136 e. The Morgan fingerprint density at radius 1 is 1.44 bits per heavy atom. The summed E-state index contributed by atoms with van der Waals surface area (Å²) in [6, 6.07) is 5.65. The fraction of sp³-hybridized carbons (Fsp3) is 0.538. The van der Waals surface area contributed by atoms with Crippen molar-refractivity contribution >= 4 is 23.0 Å². The molecule has 0 saturated heterocycles. The molecule has 1 aromatic rings. The number of fused-ring (bicyclic) bond motifs is 1. The van der Waals surface area contributed by atoms with E-state index in [-0.39, 0.29) is 10.8 Å². The number of rotatable bonds is 2. The van der Waals surface area contributed by atoms with E-state index in [1.165, 1.54) is 0 Å². The van der Waals surface area contributed by atoms with Crippen molar-refractivity contribution in [1.29, 1.82) is 0 Å². The van der Waals surface area contributed by atoms with Gasteiger partial charge in [-0.2, -0.15) is 0 Å². The summed E-state index contributed by atoms with van der Waals surface area (Å²) < 4.78 is 20.6. The number of benzene rings is 1. The van der Waals surface area contributed by atoms with Gasteiger partial charge in [0.1, 0.15) is 10.5 Å². The highest BCUT2D eigenvalue weighted by Crippen LogP contribution is 2.35. The Morgan fingerprint density at radius 3 is 2.83 bits per heavy atom. The van der Waals surface area contributed by atoms with Gasteiger partial charge in [0.15, 0.2) is 0 Å². The van der Waals surface area contributed by atoms with Gasteiger partial charge >= 0.3 is 0 Å². The van der Waals surface area contributed by atoms with Crippen molar-refractivity contribution in [2.75, 3.05) is 6.61 Å². The molecule has 1 N–H and O–H groups in total. The van der Waals surface area contributed by atoms with Crippen molar-refractivity contribution in [2.45, 2.75) is 38.0 Å². The SMILES string of the molecule is CC(C)(C)[S@@+]([O-])N[C@H]1CCOc2cc(Cl)ccc21. The Morgan fingerprint density at radius 2 is 2.17 bits per heavy atom. The average molecular weight is 288 g/mol. The summed E-state index contributed by atoms with van der Waals surface area (Å²) in [5.41, 5.74) is 1.03. The minimum absolute atomic E-state index is 0.0612. The van der Waals surface area contributed by atoms with Crippen LogP contribution in [0.4, 0.5) is 0 Å². The Bertz CT molecular complexity index is 433. The minimum Gasteiger partial charge on any atom is -0.598 e. The van der Waals surface area contributed by atoms with Crippen LogP contribution in [-0.4, -0.2) is 15.9 Å². The molecule has 0 fully saturated rings. The van der Waals surface area contributed by atoms with Crippen LogP contribution in [0.15, 0.2) is 18.2 Å². The third-order valence-corrected chi connectivity index (χ3v) is 4.67. The molecule has 0 radical (unpaired) electrons. The topological polar surface area (TPSA) is 44.3 Å². The Kier molecular flexibility index (Phi) is 4.11. The zero-order chi connectivity index (χ0) is 13.3. The van der Waals surface area contributed by atoms with Crippen molar-refractivity contribution in [3.05, 3.63) is 28.8 Å². The maximum Gasteiger partial charge on any atom is 0.136 e. The molecule has 2 atom stereocenters. The van der Waals surface area contributed by atoms with Crippen LogP contribution in [0.2, 0.25) is 5.02 Å². The maximum atomic E-state index is 12.1. The lowest BCUT2D eigenvalue weighted by atomic mass is 10.0. The predicted octanol–water partition coefficient (Wildman–Crippen LogP) is 3.22. The molecule has 1 aliphatic rings. The van der Waals surface area contributed by atoms with E-state index in [0.717, 1.165) is 17.7 Å². The van der Waals surface area contributed by atoms with Crippen LogP contribution in [0.5, 0.6) is 5.75 Å². The standard InChI is InChI=1S/C13H18ClNO2S/c1-13(2,3)18(16)15-11-6-7-17-12-8-9(14)4-5-10(11)12/h4-5,8,11,15H,6-7H2,1-3H3/t11-,18+/m0/s1. The molecular weight excluding hydrogens is 270 g/mol. The summed E-state index contributed by atoms with van der Waals surface area (Å²) in [6.45, 7) is 6.49. The number of nitrogens with one attached hydrogen (secondary N) is 1. The molecule has 2 rings (SSSR count). The Balaban J connectivity index is 2.18. The van der Waals surface area contributed by atoms with Gasteiger partial charge in [0.05, 0.1) is 12.6 Å². The number of hydrogen-bond acceptors (Lipinski definition) is 3. The highest BCUT2D eigenvalue weighted by atomic mass is 35.5. The molecule has 100 valence electrons. The fourth-order valence-corrected chi connectivity index (χ4v) is 2.81. The van der Waals surface area contributed by atoms with Crippen LogP contribution < -0.4 is 9.46 Å². The summed E-state index contributed by atoms with van der Waals surface area (Å²) in [4.78, 5) is 0. The molecule has 0 unspecified atom stereocenters. The first-order valence-corrected chi connectivity index (χ1v) is 7.51. The second-order valence-electron chi connectivity index (χ2n) is 5.37. The monoisotopic (exact) mass is 287 g/mol. The third-order valence-electron chi connectivity index (χ3n) is 2.82. The summed E-state index contributed by atoms with van der Waals surface area (Å²) in [5, 5.41) is 0.659. The highest BCUT2D eigenvalue weighted by molar-refractivity contribution is 7.90. The third kappa shape index (κ3) is 3.12. The van der Waals surface area contributed by atoms with Crippen molar-refractivity contribution < 1.29 is 9.29 Å². The van der Waals surface area contributed by atoms with Gasteiger partial charge in [-0.3, -0.25) is 0 Å². The zero-order valence-corrected chi connectivity index (χ0v) is 12.4. The van der Waals surface area contributed by atoms with Gasteiger partial charge in [-0.25, -0.2) is 0 Å². The lowest BCUT2D eigenvalue weighted by Gasteiger charge is -2.31. The number of ether oxygens (including phenoxy) is 1. The number of hydrogen-bond donors (Lipinski definition) is 1. The van der Waals surface area contributed by atoms with Crippen molar-refractivity contribution in [3.8, 4) is 5.75 Å². The van der Waals surface area contributed by atoms with E-state index in [9.17, 15) is 4.55 Å². The zero-order valence-electron chi connectivity index (χ0n) is 10.8.